The maximum atomic E-state index is 13.9. The number of anilines is 1. The molecule has 1 aromatic carbocycles. The first-order valence-electron chi connectivity index (χ1n) is 8.72. The van der Waals surface area contributed by atoms with E-state index in [1.807, 2.05) is 0 Å². The van der Waals surface area contributed by atoms with E-state index in [0.29, 0.717) is 17.3 Å². The number of rotatable bonds is 7. The highest BCUT2D eigenvalue weighted by atomic mass is 19.1. The van der Waals surface area contributed by atoms with Crippen molar-refractivity contribution in [3.63, 3.8) is 0 Å². The Morgan fingerprint density at radius 2 is 1.92 bits per heavy atom. The molecule has 0 saturated heterocycles. The number of nitrogens with one attached hydrogen (secondary N) is 3. The van der Waals surface area contributed by atoms with Crippen molar-refractivity contribution < 1.29 is 14.0 Å². The van der Waals surface area contributed by atoms with Gasteiger partial charge in [-0.25, -0.2) is 9.18 Å². The van der Waals surface area contributed by atoms with Crippen LogP contribution < -0.4 is 20.9 Å². The summed E-state index contributed by atoms with van der Waals surface area (Å²) >= 11 is 0. The molecule has 0 spiro atoms. The third-order valence-electron chi connectivity index (χ3n) is 4.30. The smallest absolute Gasteiger partial charge is 0.315 e. The van der Waals surface area contributed by atoms with Crippen molar-refractivity contribution in [3.8, 4) is 0 Å². The first-order valence-corrected chi connectivity index (χ1v) is 8.72. The third kappa shape index (κ3) is 6.25. The number of halogens is 1. The van der Waals surface area contributed by atoms with Crippen LogP contribution in [0.2, 0.25) is 0 Å². The zero-order chi connectivity index (χ0) is 18.2. The highest BCUT2D eigenvalue weighted by Crippen LogP contribution is 2.18. The Balaban J connectivity index is 1.65. The quantitative estimate of drug-likeness (QED) is 0.705. The Kier molecular flexibility index (Phi) is 7.03. The molecule has 25 heavy (non-hydrogen) atoms. The first kappa shape index (κ1) is 19.0. The Bertz CT molecular complexity index is 601. The van der Waals surface area contributed by atoms with Crippen molar-refractivity contribution in [1.29, 1.82) is 0 Å². The van der Waals surface area contributed by atoms with Gasteiger partial charge in [0.25, 0.3) is 0 Å². The van der Waals surface area contributed by atoms with E-state index in [4.69, 9.17) is 0 Å². The van der Waals surface area contributed by atoms with Crippen molar-refractivity contribution in [2.45, 2.75) is 44.7 Å². The Labute approximate surface area is 148 Å². The monoisotopic (exact) mass is 350 g/mol. The standard InChI is InChI=1S/C18H27FN4O2/c1-23(2)16-8-7-13(11-15(16)19)12-21-18(25)20-10-9-17(24)22-14-5-3-4-6-14/h7-8,11,14H,3-6,9-10,12H2,1-2H3,(H,22,24)(H2,20,21,25). The summed E-state index contributed by atoms with van der Waals surface area (Å²) in [7, 11) is 3.54. The molecular weight excluding hydrogens is 323 g/mol. The van der Waals surface area contributed by atoms with Crippen LogP contribution in [0.4, 0.5) is 14.9 Å². The maximum Gasteiger partial charge on any atom is 0.315 e. The van der Waals surface area contributed by atoms with Crippen LogP contribution in [0.1, 0.15) is 37.7 Å². The molecule has 1 fully saturated rings. The Hall–Kier alpha value is -2.31. The van der Waals surface area contributed by atoms with Crippen LogP contribution in [0, 0.1) is 5.82 Å². The van der Waals surface area contributed by atoms with Crippen LogP contribution in [-0.2, 0) is 11.3 Å². The summed E-state index contributed by atoms with van der Waals surface area (Å²) in [4.78, 5) is 25.2. The third-order valence-corrected chi connectivity index (χ3v) is 4.30. The van der Waals surface area contributed by atoms with Gasteiger partial charge in [0.15, 0.2) is 0 Å². The number of urea groups is 1. The molecule has 2 rings (SSSR count). The molecule has 3 N–H and O–H groups in total. The number of nitrogens with zero attached hydrogens (tertiary/aromatic N) is 1. The van der Waals surface area contributed by atoms with Crippen molar-refractivity contribution in [2.75, 3.05) is 25.5 Å². The summed E-state index contributed by atoms with van der Waals surface area (Å²) < 4.78 is 13.9. The lowest BCUT2D eigenvalue weighted by Crippen LogP contribution is -2.39. The van der Waals surface area contributed by atoms with Crippen LogP contribution in [0.3, 0.4) is 0 Å². The van der Waals surface area contributed by atoms with Crippen LogP contribution in [0.5, 0.6) is 0 Å². The van der Waals surface area contributed by atoms with Crippen LogP contribution >= 0.6 is 0 Å². The maximum absolute atomic E-state index is 13.9. The summed E-state index contributed by atoms with van der Waals surface area (Å²) in [5, 5.41) is 8.27. The molecule has 0 bridgehead atoms. The Morgan fingerprint density at radius 3 is 2.56 bits per heavy atom. The minimum Gasteiger partial charge on any atom is -0.375 e. The molecule has 7 heteroatoms. The van der Waals surface area contributed by atoms with E-state index in [2.05, 4.69) is 16.0 Å². The van der Waals surface area contributed by atoms with E-state index in [0.717, 1.165) is 12.8 Å². The molecule has 0 aliphatic heterocycles. The zero-order valence-corrected chi connectivity index (χ0v) is 14.9. The lowest BCUT2D eigenvalue weighted by molar-refractivity contribution is -0.121. The predicted octanol–water partition coefficient (Wildman–Crippen LogP) is 2.14. The number of hydrogen-bond donors (Lipinski definition) is 3. The summed E-state index contributed by atoms with van der Waals surface area (Å²) in [6.07, 6.45) is 4.69. The topological polar surface area (TPSA) is 73.5 Å². The first-order chi connectivity index (χ1) is 12.0. The van der Waals surface area contributed by atoms with E-state index < -0.39 is 0 Å². The van der Waals surface area contributed by atoms with E-state index in [9.17, 15) is 14.0 Å². The van der Waals surface area contributed by atoms with Crippen LogP contribution in [0.25, 0.3) is 0 Å². The van der Waals surface area contributed by atoms with E-state index in [1.165, 1.54) is 18.9 Å². The van der Waals surface area contributed by atoms with Gasteiger partial charge in [-0.05, 0) is 30.5 Å². The molecule has 1 aliphatic rings. The second-order valence-corrected chi connectivity index (χ2v) is 6.59. The van der Waals surface area contributed by atoms with E-state index >= 15 is 0 Å². The molecule has 0 radical (unpaired) electrons. The molecular formula is C18H27FN4O2. The molecule has 0 atom stereocenters. The van der Waals surface area contributed by atoms with Gasteiger partial charge in [-0.2, -0.15) is 0 Å². The molecule has 138 valence electrons. The number of amides is 3. The van der Waals surface area contributed by atoms with Gasteiger partial charge in [-0.15, -0.1) is 0 Å². The number of carbonyl (C=O) groups excluding carboxylic acids is 2. The van der Waals surface area contributed by atoms with E-state index in [-0.39, 0.29) is 37.3 Å². The van der Waals surface area contributed by atoms with Gasteiger partial charge in [-0.3, -0.25) is 4.79 Å². The van der Waals surface area contributed by atoms with Gasteiger partial charge in [0, 0.05) is 39.6 Å². The Morgan fingerprint density at radius 1 is 1.20 bits per heavy atom. The van der Waals surface area contributed by atoms with Gasteiger partial charge in [0.05, 0.1) is 5.69 Å². The largest absolute Gasteiger partial charge is 0.375 e. The van der Waals surface area contributed by atoms with Gasteiger partial charge in [0.2, 0.25) is 5.91 Å². The summed E-state index contributed by atoms with van der Waals surface area (Å²) in [6.45, 7) is 0.503. The fourth-order valence-electron chi connectivity index (χ4n) is 2.93. The van der Waals surface area contributed by atoms with Gasteiger partial charge < -0.3 is 20.9 Å². The normalized spacial score (nSPS) is 14.2. The van der Waals surface area contributed by atoms with Gasteiger partial charge in [0.1, 0.15) is 5.82 Å². The zero-order valence-electron chi connectivity index (χ0n) is 14.9. The average molecular weight is 350 g/mol. The number of benzene rings is 1. The molecule has 0 unspecified atom stereocenters. The SMILES string of the molecule is CN(C)c1ccc(CNC(=O)NCCC(=O)NC2CCCC2)cc1F. The molecule has 6 nitrogen and oxygen atoms in total. The van der Waals surface area contributed by atoms with Crippen molar-refractivity contribution >= 4 is 17.6 Å². The van der Waals surface area contributed by atoms with E-state index in [1.54, 1.807) is 31.1 Å². The summed E-state index contributed by atoms with van der Waals surface area (Å²) in [5.74, 6) is -0.359. The molecule has 0 aromatic heterocycles. The number of hydrogen-bond acceptors (Lipinski definition) is 3. The number of carbonyl (C=O) groups is 2. The van der Waals surface area contributed by atoms with Crippen molar-refractivity contribution in [2.24, 2.45) is 0 Å². The average Bonchev–Trinajstić information content (AvgIpc) is 3.05. The second-order valence-electron chi connectivity index (χ2n) is 6.59. The van der Waals surface area contributed by atoms with Crippen LogP contribution in [-0.4, -0.2) is 38.6 Å². The molecule has 1 aliphatic carbocycles. The lowest BCUT2D eigenvalue weighted by atomic mass is 10.2. The van der Waals surface area contributed by atoms with Gasteiger partial charge in [-0.1, -0.05) is 18.9 Å². The van der Waals surface area contributed by atoms with Crippen molar-refractivity contribution in [3.05, 3.63) is 29.6 Å². The van der Waals surface area contributed by atoms with Gasteiger partial charge >= 0.3 is 6.03 Å². The minimum absolute atomic E-state index is 0.0338. The fourth-order valence-corrected chi connectivity index (χ4v) is 2.93. The molecule has 3 amide bonds. The molecule has 1 aromatic rings. The molecule has 1 saturated carbocycles. The minimum atomic E-state index is -0.370. The van der Waals surface area contributed by atoms with Crippen LogP contribution in [0.15, 0.2) is 18.2 Å². The predicted molar refractivity (Wildman–Crippen MR) is 96.0 cm³/mol. The second kappa shape index (κ2) is 9.25. The molecule has 0 heterocycles. The highest BCUT2D eigenvalue weighted by molar-refractivity contribution is 5.78. The summed E-state index contributed by atoms with van der Waals surface area (Å²) in [5.41, 5.74) is 1.18. The van der Waals surface area contributed by atoms with Crippen molar-refractivity contribution in [1.82, 2.24) is 16.0 Å². The fraction of sp³-hybridized carbons (Fsp3) is 0.556. The summed E-state index contributed by atoms with van der Waals surface area (Å²) in [6, 6.07) is 4.78. The lowest BCUT2D eigenvalue weighted by Gasteiger charge is -2.14. The highest BCUT2D eigenvalue weighted by Gasteiger charge is 2.16.